The van der Waals surface area contributed by atoms with E-state index in [9.17, 15) is 9.59 Å². The van der Waals surface area contributed by atoms with Gasteiger partial charge in [0.05, 0.1) is 0 Å². The number of benzene rings is 1. The van der Waals surface area contributed by atoms with Crippen LogP contribution in [0, 0.1) is 0 Å². The van der Waals surface area contributed by atoms with Gasteiger partial charge in [-0.05, 0) is 43.0 Å². The van der Waals surface area contributed by atoms with Crippen molar-refractivity contribution in [2.75, 3.05) is 13.1 Å². The number of amides is 1. The lowest BCUT2D eigenvalue weighted by Gasteiger charge is -2.26. The molecule has 0 unspecified atom stereocenters. The monoisotopic (exact) mass is 332 g/mol. The highest BCUT2D eigenvalue weighted by Crippen LogP contribution is 2.28. The van der Waals surface area contributed by atoms with Gasteiger partial charge in [-0.3, -0.25) is 9.59 Å². The van der Waals surface area contributed by atoms with Crippen LogP contribution in [-0.4, -0.2) is 34.1 Å². The molecule has 4 rings (SSSR count). The lowest BCUT2D eigenvalue weighted by Crippen LogP contribution is -2.40. The second kappa shape index (κ2) is 6.55. The van der Waals surface area contributed by atoms with E-state index >= 15 is 0 Å². The third-order valence-electron chi connectivity index (χ3n) is 4.82. The fourth-order valence-electron chi connectivity index (χ4n) is 3.53. The molecule has 3 heterocycles. The van der Waals surface area contributed by atoms with Gasteiger partial charge >= 0.3 is 0 Å². The van der Waals surface area contributed by atoms with Crippen LogP contribution in [0.2, 0.25) is 0 Å². The molecule has 0 spiro atoms. The summed E-state index contributed by atoms with van der Waals surface area (Å²) < 4.78 is 1.83. The molecule has 25 heavy (non-hydrogen) atoms. The van der Waals surface area contributed by atoms with Gasteiger partial charge in [0.1, 0.15) is 5.69 Å². The van der Waals surface area contributed by atoms with Crippen molar-refractivity contribution >= 4 is 17.2 Å². The highest BCUT2D eigenvalue weighted by molar-refractivity contribution is 6.43. The fraction of sp³-hybridized carbons (Fsp3) is 0.238. The number of aromatic nitrogens is 1. The third kappa shape index (κ3) is 2.84. The van der Waals surface area contributed by atoms with Crippen molar-refractivity contribution in [2.45, 2.75) is 19.3 Å². The highest BCUT2D eigenvalue weighted by Gasteiger charge is 2.29. The Bertz CT molecular complexity index is 921. The Kier molecular flexibility index (Phi) is 4.10. The molecule has 3 aromatic rings. The van der Waals surface area contributed by atoms with Crippen LogP contribution < -0.4 is 0 Å². The number of rotatable bonds is 3. The van der Waals surface area contributed by atoms with Crippen molar-refractivity contribution in [2.24, 2.45) is 0 Å². The summed E-state index contributed by atoms with van der Waals surface area (Å²) >= 11 is 0. The lowest BCUT2D eigenvalue weighted by atomic mass is 10.0. The minimum atomic E-state index is -0.424. The maximum Gasteiger partial charge on any atom is 0.296 e. The zero-order valence-corrected chi connectivity index (χ0v) is 14.0. The molecule has 0 N–H and O–H groups in total. The van der Waals surface area contributed by atoms with Crippen molar-refractivity contribution in [1.82, 2.24) is 9.30 Å². The van der Waals surface area contributed by atoms with Crippen LogP contribution in [-0.2, 0) is 4.79 Å². The highest BCUT2D eigenvalue weighted by atomic mass is 16.2. The summed E-state index contributed by atoms with van der Waals surface area (Å²) in [6, 6.07) is 17.5. The molecule has 1 amide bonds. The summed E-state index contributed by atoms with van der Waals surface area (Å²) in [7, 11) is 0. The van der Waals surface area contributed by atoms with Gasteiger partial charge in [0.2, 0.25) is 0 Å². The molecule has 4 heteroatoms. The second-order valence-electron chi connectivity index (χ2n) is 6.45. The van der Waals surface area contributed by atoms with E-state index in [1.54, 1.807) is 4.90 Å². The number of likely N-dealkylation sites (tertiary alicyclic amines) is 1. The second-order valence-corrected chi connectivity index (χ2v) is 6.45. The van der Waals surface area contributed by atoms with Crippen LogP contribution in [0.15, 0.2) is 60.8 Å². The predicted octanol–water partition coefficient (Wildman–Crippen LogP) is 3.80. The molecule has 0 radical (unpaired) electrons. The first kappa shape index (κ1) is 15.6. The zero-order chi connectivity index (χ0) is 17.2. The maximum absolute atomic E-state index is 13.1. The summed E-state index contributed by atoms with van der Waals surface area (Å²) in [6.45, 7) is 1.35. The van der Waals surface area contributed by atoms with Gasteiger partial charge < -0.3 is 9.30 Å². The Morgan fingerprint density at radius 3 is 2.32 bits per heavy atom. The summed E-state index contributed by atoms with van der Waals surface area (Å²) in [6.07, 6.45) is 4.92. The molecule has 1 fully saturated rings. The lowest BCUT2D eigenvalue weighted by molar-refractivity contribution is -0.127. The Morgan fingerprint density at radius 1 is 0.840 bits per heavy atom. The number of carbonyl (C=O) groups excluding carboxylic acids is 2. The normalized spacial score (nSPS) is 14.6. The molecule has 1 aliphatic heterocycles. The maximum atomic E-state index is 13.1. The number of hydrogen-bond donors (Lipinski definition) is 0. The van der Waals surface area contributed by atoms with Crippen LogP contribution in [0.25, 0.3) is 16.6 Å². The van der Waals surface area contributed by atoms with E-state index < -0.39 is 5.78 Å². The first-order valence-electron chi connectivity index (χ1n) is 8.75. The number of fused-ring (bicyclic) bond motifs is 1. The van der Waals surface area contributed by atoms with Crippen molar-refractivity contribution in [1.29, 1.82) is 0 Å². The molecule has 0 saturated carbocycles. The van der Waals surface area contributed by atoms with Gasteiger partial charge in [-0.25, -0.2) is 0 Å². The molecular formula is C21H20N2O2. The summed E-state index contributed by atoms with van der Waals surface area (Å²) in [5.74, 6) is -0.812. The van der Waals surface area contributed by atoms with Crippen LogP contribution in [0.1, 0.15) is 29.8 Å². The van der Waals surface area contributed by atoms with Crippen molar-refractivity contribution in [3.05, 3.63) is 66.5 Å². The van der Waals surface area contributed by atoms with E-state index in [1.165, 1.54) is 0 Å². The number of nitrogens with zero attached hydrogens (tertiary/aromatic N) is 2. The molecule has 0 atom stereocenters. The minimum absolute atomic E-state index is 0.388. The molecule has 2 aromatic heterocycles. The van der Waals surface area contributed by atoms with Crippen LogP contribution in [0.3, 0.4) is 0 Å². The Labute approximate surface area is 146 Å². The Balaban J connectivity index is 1.82. The minimum Gasteiger partial charge on any atom is -0.336 e. The molecular weight excluding hydrogens is 312 g/mol. The van der Waals surface area contributed by atoms with Crippen LogP contribution in [0.4, 0.5) is 0 Å². The van der Waals surface area contributed by atoms with Gasteiger partial charge in [-0.15, -0.1) is 0 Å². The first-order chi connectivity index (χ1) is 12.3. The Hall–Kier alpha value is -2.88. The quantitative estimate of drug-likeness (QED) is 0.541. The average Bonchev–Trinajstić information content (AvgIpc) is 3.08. The van der Waals surface area contributed by atoms with E-state index in [-0.39, 0.29) is 5.91 Å². The number of pyridine rings is 1. The molecule has 0 bridgehead atoms. The van der Waals surface area contributed by atoms with E-state index in [0.29, 0.717) is 18.8 Å². The van der Waals surface area contributed by atoms with Crippen molar-refractivity contribution in [3.8, 4) is 11.1 Å². The van der Waals surface area contributed by atoms with Crippen molar-refractivity contribution in [3.63, 3.8) is 0 Å². The smallest absolute Gasteiger partial charge is 0.296 e. The number of carbonyl (C=O) groups is 2. The van der Waals surface area contributed by atoms with Gasteiger partial charge in [0.25, 0.3) is 11.7 Å². The molecule has 4 nitrogen and oxygen atoms in total. The van der Waals surface area contributed by atoms with E-state index in [4.69, 9.17) is 0 Å². The van der Waals surface area contributed by atoms with Crippen LogP contribution >= 0.6 is 0 Å². The van der Waals surface area contributed by atoms with Gasteiger partial charge in [-0.1, -0.05) is 36.4 Å². The SMILES string of the molecule is O=C(C(=O)N1CCCCC1)c1c(-c2ccccc2)cc2ccccn12. The van der Waals surface area contributed by atoms with Gasteiger partial charge in [0.15, 0.2) is 0 Å². The van der Waals surface area contributed by atoms with E-state index in [2.05, 4.69) is 0 Å². The first-order valence-corrected chi connectivity index (χ1v) is 8.75. The van der Waals surface area contributed by atoms with Crippen LogP contribution in [0.5, 0.6) is 0 Å². The molecule has 0 aliphatic carbocycles. The predicted molar refractivity (Wildman–Crippen MR) is 97.6 cm³/mol. The molecule has 1 saturated heterocycles. The number of Topliss-reactive ketones (excluding diaryl/α,β-unsaturated/α-hetero) is 1. The summed E-state index contributed by atoms with van der Waals surface area (Å²) in [5, 5.41) is 0. The Morgan fingerprint density at radius 2 is 1.56 bits per heavy atom. The van der Waals surface area contributed by atoms with E-state index in [1.807, 2.05) is 65.2 Å². The number of piperidine rings is 1. The molecule has 126 valence electrons. The fourth-order valence-corrected chi connectivity index (χ4v) is 3.53. The topological polar surface area (TPSA) is 41.8 Å². The largest absolute Gasteiger partial charge is 0.336 e. The summed E-state index contributed by atoms with van der Waals surface area (Å²) in [4.78, 5) is 27.6. The van der Waals surface area contributed by atoms with Crippen molar-refractivity contribution < 1.29 is 9.59 Å². The van der Waals surface area contributed by atoms with E-state index in [0.717, 1.165) is 35.9 Å². The third-order valence-corrected chi connectivity index (χ3v) is 4.82. The standard InChI is InChI=1S/C21H20N2O2/c24-20(21(25)22-12-6-2-7-13-22)19-18(16-9-3-1-4-10-16)15-17-11-5-8-14-23(17)19/h1,3-5,8-11,14-15H,2,6-7,12-13H2. The van der Waals surface area contributed by atoms with Gasteiger partial charge in [0, 0.05) is 30.4 Å². The molecule has 1 aliphatic rings. The summed E-state index contributed by atoms with van der Waals surface area (Å²) in [5.41, 5.74) is 3.12. The zero-order valence-electron chi connectivity index (χ0n) is 14.0. The molecule has 1 aromatic carbocycles. The van der Waals surface area contributed by atoms with Gasteiger partial charge in [-0.2, -0.15) is 0 Å². The number of ketones is 1. The average molecular weight is 332 g/mol. The number of hydrogen-bond acceptors (Lipinski definition) is 2.